The molecule has 0 fully saturated rings. The van der Waals surface area contributed by atoms with Crippen molar-refractivity contribution in [1.29, 1.82) is 0 Å². The number of nitrogen functional groups attached to an aromatic ring is 1. The molecule has 0 aliphatic rings. The minimum Gasteiger partial charge on any atom is -0.382 e. The van der Waals surface area contributed by atoms with E-state index in [0.29, 0.717) is 12.2 Å². The van der Waals surface area contributed by atoms with Gasteiger partial charge in [-0.3, -0.25) is 14.6 Å². The highest BCUT2D eigenvalue weighted by molar-refractivity contribution is 5.91. The van der Waals surface area contributed by atoms with E-state index >= 15 is 0 Å². The molecular weight excluding hydrogens is 224 g/mol. The predicted molar refractivity (Wildman–Crippen MR) is 61.7 cm³/mol. The van der Waals surface area contributed by atoms with Crippen molar-refractivity contribution in [3.05, 3.63) is 16.2 Å². The fraction of sp³-hybridized carbons (Fsp3) is 0.333. The molecule has 0 saturated carbocycles. The number of fused-ring (bicyclic) bond motifs is 1. The number of aromatic nitrogens is 4. The lowest BCUT2D eigenvalue weighted by Crippen LogP contribution is -2.22. The normalized spacial score (nSPS) is 10.7. The second-order valence-electron chi connectivity index (χ2n) is 3.51. The Morgan fingerprint density at radius 1 is 1.59 bits per heavy atom. The zero-order valence-electron chi connectivity index (χ0n) is 9.44. The predicted octanol–water partition coefficient (Wildman–Crippen LogP) is -0.479. The molecule has 4 N–H and O–H groups in total. The van der Waals surface area contributed by atoms with Crippen LogP contribution in [0, 0.1) is 0 Å². The number of anilines is 2. The van der Waals surface area contributed by atoms with Gasteiger partial charge in [-0.1, -0.05) is 6.92 Å². The first kappa shape index (κ1) is 11.1. The van der Waals surface area contributed by atoms with Gasteiger partial charge < -0.3 is 11.1 Å². The summed E-state index contributed by atoms with van der Waals surface area (Å²) in [6.45, 7) is 3.18. The lowest BCUT2D eigenvalue weighted by Gasteiger charge is -2.05. The zero-order chi connectivity index (χ0) is 12.6. The van der Waals surface area contributed by atoms with Crippen molar-refractivity contribution in [2.24, 2.45) is 0 Å². The summed E-state index contributed by atoms with van der Waals surface area (Å²) < 4.78 is 1.30. The van der Waals surface area contributed by atoms with Crippen LogP contribution in [0.1, 0.15) is 19.7 Å². The van der Waals surface area contributed by atoms with Gasteiger partial charge in [-0.2, -0.15) is 9.50 Å². The maximum absolute atomic E-state index is 11.7. The molecule has 8 nitrogen and oxygen atoms in total. The summed E-state index contributed by atoms with van der Waals surface area (Å²) in [5.41, 5.74) is 5.25. The number of carbonyl (C=O) groups is 1. The molecule has 90 valence electrons. The second-order valence-corrected chi connectivity index (χ2v) is 3.51. The molecule has 0 atom stereocenters. The monoisotopic (exact) mass is 236 g/mol. The van der Waals surface area contributed by atoms with Gasteiger partial charge in [0, 0.05) is 13.3 Å². The number of nitrogens with two attached hydrogens (primary N) is 1. The third kappa shape index (κ3) is 1.84. The minimum absolute atomic E-state index is 0.0162. The molecule has 0 spiro atoms. The number of rotatable bonds is 2. The topological polar surface area (TPSA) is 118 Å². The number of carbonyl (C=O) groups excluding carboxylic acids is 1. The Morgan fingerprint density at radius 3 is 2.88 bits per heavy atom. The van der Waals surface area contributed by atoms with E-state index in [0.717, 1.165) is 0 Å². The van der Waals surface area contributed by atoms with Crippen molar-refractivity contribution >= 4 is 23.2 Å². The standard InChI is InChI=1S/C9H12N6O2/c1-3-5-12-9-13-8(17)6(11-4(2)16)7(10)15(9)14-5/h3,10H2,1-2H3,(H,11,16)(H,12,13,14,17). The van der Waals surface area contributed by atoms with Crippen molar-refractivity contribution in [3.8, 4) is 0 Å². The summed E-state index contributed by atoms with van der Waals surface area (Å²) in [4.78, 5) is 29.2. The first-order chi connectivity index (χ1) is 8.02. The Balaban J connectivity index is 2.69. The highest BCUT2D eigenvalue weighted by atomic mass is 16.2. The lowest BCUT2D eigenvalue weighted by molar-refractivity contribution is -0.114. The van der Waals surface area contributed by atoms with Crippen LogP contribution in [0.3, 0.4) is 0 Å². The van der Waals surface area contributed by atoms with Crippen LogP contribution in [0.4, 0.5) is 11.5 Å². The maximum Gasteiger partial charge on any atom is 0.278 e. The van der Waals surface area contributed by atoms with E-state index in [1.807, 2.05) is 6.92 Å². The highest BCUT2D eigenvalue weighted by Crippen LogP contribution is 2.12. The van der Waals surface area contributed by atoms with Gasteiger partial charge in [0.1, 0.15) is 5.69 Å². The molecule has 2 aromatic rings. The molecular formula is C9H12N6O2. The van der Waals surface area contributed by atoms with Crippen molar-refractivity contribution < 1.29 is 4.79 Å². The quantitative estimate of drug-likeness (QED) is 0.650. The third-order valence-electron chi connectivity index (χ3n) is 2.20. The summed E-state index contributed by atoms with van der Waals surface area (Å²) in [5.74, 6) is 0.509. The number of hydrogen-bond donors (Lipinski definition) is 3. The summed E-state index contributed by atoms with van der Waals surface area (Å²) in [7, 11) is 0. The van der Waals surface area contributed by atoms with Crippen LogP contribution in [0.5, 0.6) is 0 Å². The minimum atomic E-state index is -0.500. The highest BCUT2D eigenvalue weighted by Gasteiger charge is 2.13. The van der Waals surface area contributed by atoms with E-state index in [4.69, 9.17) is 5.73 Å². The molecule has 0 radical (unpaired) electrons. The van der Waals surface area contributed by atoms with Crippen LogP contribution in [-0.4, -0.2) is 25.5 Å². The molecule has 2 aromatic heterocycles. The Bertz CT molecular complexity index is 641. The molecule has 0 unspecified atom stereocenters. The molecule has 2 heterocycles. The molecule has 0 aliphatic carbocycles. The number of nitrogens with one attached hydrogen (secondary N) is 2. The van der Waals surface area contributed by atoms with Crippen LogP contribution >= 0.6 is 0 Å². The van der Waals surface area contributed by atoms with E-state index in [-0.39, 0.29) is 23.2 Å². The Labute approximate surface area is 95.8 Å². The van der Waals surface area contributed by atoms with Crippen molar-refractivity contribution in [2.45, 2.75) is 20.3 Å². The zero-order valence-corrected chi connectivity index (χ0v) is 9.44. The number of aromatic amines is 1. The molecule has 8 heteroatoms. The van der Waals surface area contributed by atoms with Gasteiger partial charge in [-0.15, -0.1) is 5.10 Å². The summed E-state index contributed by atoms with van der Waals surface area (Å²) >= 11 is 0. The number of amides is 1. The van der Waals surface area contributed by atoms with Gasteiger partial charge >= 0.3 is 0 Å². The first-order valence-electron chi connectivity index (χ1n) is 5.08. The Kier molecular flexibility index (Phi) is 2.54. The summed E-state index contributed by atoms with van der Waals surface area (Å²) in [5, 5.41) is 6.46. The molecule has 2 rings (SSSR count). The fourth-order valence-corrected chi connectivity index (χ4v) is 1.44. The Morgan fingerprint density at radius 2 is 2.29 bits per heavy atom. The van der Waals surface area contributed by atoms with Gasteiger partial charge in [-0.05, 0) is 0 Å². The van der Waals surface area contributed by atoms with E-state index in [1.54, 1.807) is 0 Å². The van der Waals surface area contributed by atoms with Gasteiger partial charge in [0.15, 0.2) is 11.6 Å². The maximum atomic E-state index is 11.7. The third-order valence-corrected chi connectivity index (χ3v) is 2.20. The molecule has 0 aromatic carbocycles. The van der Waals surface area contributed by atoms with E-state index < -0.39 is 5.56 Å². The summed E-state index contributed by atoms with van der Waals surface area (Å²) in [6, 6.07) is 0. The van der Waals surface area contributed by atoms with Crippen LogP contribution in [0.15, 0.2) is 4.79 Å². The van der Waals surface area contributed by atoms with Gasteiger partial charge in [0.2, 0.25) is 11.7 Å². The number of hydrogen-bond acceptors (Lipinski definition) is 5. The lowest BCUT2D eigenvalue weighted by atomic mass is 10.4. The van der Waals surface area contributed by atoms with Crippen LogP contribution < -0.4 is 16.6 Å². The summed E-state index contributed by atoms with van der Waals surface area (Å²) in [6.07, 6.45) is 0.624. The first-order valence-corrected chi connectivity index (χ1v) is 5.08. The number of H-pyrrole nitrogens is 1. The number of aryl methyl sites for hydroxylation is 1. The second kappa shape index (κ2) is 3.89. The van der Waals surface area contributed by atoms with Crippen LogP contribution in [0.25, 0.3) is 5.78 Å². The van der Waals surface area contributed by atoms with Crippen molar-refractivity contribution in [2.75, 3.05) is 11.1 Å². The van der Waals surface area contributed by atoms with E-state index in [2.05, 4.69) is 20.4 Å². The van der Waals surface area contributed by atoms with Gasteiger partial charge in [0.25, 0.3) is 5.56 Å². The number of nitrogens with zero attached hydrogens (tertiary/aromatic N) is 3. The largest absolute Gasteiger partial charge is 0.382 e. The van der Waals surface area contributed by atoms with Crippen molar-refractivity contribution in [3.63, 3.8) is 0 Å². The molecule has 0 bridgehead atoms. The van der Waals surface area contributed by atoms with Crippen LogP contribution in [0.2, 0.25) is 0 Å². The van der Waals surface area contributed by atoms with E-state index in [9.17, 15) is 9.59 Å². The fourth-order valence-electron chi connectivity index (χ4n) is 1.44. The van der Waals surface area contributed by atoms with Crippen LogP contribution in [-0.2, 0) is 11.2 Å². The van der Waals surface area contributed by atoms with Gasteiger partial charge in [-0.25, -0.2) is 0 Å². The molecule has 0 saturated heterocycles. The molecule has 17 heavy (non-hydrogen) atoms. The van der Waals surface area contributed by atoms with E-state index in [1.165, 1.54) is 11.4 Å². The average Bonchev–Trinajstić information content (AvgIpc) is 2.67. The Hall–Kier alpha value is -2.38. The SMILES string of the molecule is CCc1nc2[nH]c(=O)c(NC(C)=O)c(N)n2n1. The van der Waals surface area contributed by atoms with Gasteiger partial charge in [0.05, 0.1) is 0 Å². The molecule has 0 aliphatic heterocycles. The average molecular weight is 236 g/mol. The molecule has 1 amide bonds. The van der Waals surface area contributed by atoms with Crippen molar-refractivity contribution in [1.82, 2.24) is 19.6 Å². The smallest absolute Gasteiger partial charge is 0.278 e.